The van der Waals surface area contributed by atoms with Crippen LogP contribution in [0, 0.1) is 0 Å². The number of likely N-dealkylation sites (tertiary alicyclic amines) is 1. The van der Waals surface area contributed by atoms with Gasteiger partial charge in [0.25, 0.3) is 0 Å². The minimum atomic E-state index is -0.509. The Kier molecular flexibility index (Phi) is 5.49. The van der Waals surface area contributed by atoms with E-state index < -0.39 is 6.04 Å². The predicted octanol–water partition coefficient (Wildman–Crippen LogP) is 2.77. The third kappa shape index (κ3) is 4.64. The summed E-state index contributed by atoms with van der Waals surface area (Å²) >= 11 is 11.8. The molecule has 1 saturated heterocycles. The van der Waals surface area contributed by atoms with Crippen LogP contribution in [0.5, 0.6) is 0 Å². The van der Waals surface area contributed by atoms with E-state index in [0.717, 1.165) is 18.4 Å². The Hall–Kier alpha value is -1.79. The highest BCUT2D eigenvalue weighted by atomic mass is 35.5. The van der Waals surface area contributed by atoms with E-state index in [4.69, 9.17) is 28.0 Å². The molecule has 1 saturated carbocycles. The summed E-state index contributed by atoms with van der Waals surface area (Å²) in [6.07, 6.45) is 2.40. The van der Waals surface area contributed by atoms with Gasteiger partial charge in [-0.3, -0.25) is 9.59 Å². The first-order chi connectivity index (χ1) is 11.9. The van der Waals surface area contributed by atoms with Crippen molar-refractivity contribution >= 4 is 40.7 Å². The van der Waals surface area contributed by atoms with Gasteiger partial charge in [0.15, 0.2) is 0 Å². The van der Waals surface area contributed by atoms with Crippen LogP contribution in [0.3, 0.4) is 0 Å². The summed E-state index contributed by atoms with van der Waals surface area (Å²) in [5.41, 5.74) is 1.51. The molecule has 1 aromatic rings. The molecule has 0 spiro atoms. The summed E-state index contributed by atoms with van der Waals surface area (Å²) in [6.45, 7) is 2.00. The van der Waals surface area contributed by atoms with Crippen LogP contribution >= 0.6 is 23.2 Å². The Morgan fingerprint density at radius 1 is 1.32 bits per heavy atom. The van der Waals surface area contributed by atoms with Crippen LogP contribution in [0.1, 0.15) is 31.7 Å². The molecular formula is C17H19Cl2N3O3. The number of benzene rings is 1. The highest BCUT2D eigenvalue weighted by Crippen LogP contribution is 2.24. The van der Waals surface area contributed by atoms with Gasteiger partial charge >= 0.3 is 0 Å². The second-order valence-corrected chi connectivity index (χ2v) is 7.14. The number of amides is 2. The molecule has 0 bridgehead atoms. The van der Waals surface area contributed by atoms with Crippen LogP contribution in [0.4, 0.5) is 0 Å². The fraction of sp³-hybridized carbons (Fsp3) is 0.471. The highest BCUT2D eigenvalue weighted by molar-refractivity contribution is 6.42. The quantitative estimate of drug-likeness (QED) is 0.794. The summed E-state index contributed by atoms with van der Waals surface area (Å²) in [4.78, 5) is 31.0. The number of nitrogens with one attached hydrogen (secondary N) is 1. The summed E-state index contributed by atoms with van der Waals surface area (Å²) in [6, 6.07) is 4.96. The monoisotopic (exact) mass is 383 g/mol. The van der Waals surface area contributed by atoms with Gasteiger partial charge in [-0.05, 0) is 30.5 Å². The van der Waals surface area contributed by atoms with Gasteiger partial charge in [0, 0.05) is 19.4 Å². The van der Waals surface area contributed by atoms with Gasteiger partial charge in [-0.15, -0.1) is 0 Å². The van der Waals surface area contributed by atoms with Crippen molar-refractivity contribution in [3.05, 3.63) is 33.8 Å². The molecule has 0 radical (unpaired) electrons. The van der Waals surface area contributed by atoms with Crippen molar-refractivity contribution in [2.24, 2.45) is 5.16 Å². The van der Waals surface area contributed by atoms with Gasteiger partial charge in [0.2, 0.25) is 11.8 Å². The zero-order chi connectivity index (χ0) is 18.0. The smallest absolute Gasteiger partial charge is 0.243 e. The Morgan fingerprint density at radius 3 is 2.72 bits per heavy atom. The van der Waals surface area contributed by atoms with Gasteiger partial charge in [0.05, 0.1) is 22.3 Å². The second-order valence-electron chi connectivity index (χ2n) is 6.33. The van der Waals surface area contributed by atoms with Crippen LogP contribution in [0.25, 0.3) is 0 Å². The molecule has 25 heavy (non-hydrogen) atoms. The fourth-order valence-corrected chi connectivity index (χ4v) is 3.01. The summed E-state index contributed by atoms with van der Waals surface area (Å²) in [5.74, 6) is -0.266. The topological polar surface area (TPSA) is 71.0 Å². The van der Waals surface area contributed by atoms with E-state index >= 15 is 0 Å². The zero-order valence-corrected chi connectivity index (χ0v) is 15.3. The largest absolute Gasteiger partial charge is 0.391 e. The van der Waals surface area contributed by atoms with Gasteiger partial charge < -0.3 is 15.1 Å². The maximum absolute atomic E-state index is 12.3. The number of halogens is 2. The van der Waals surface area contributed by atoms with Gasteiger partial charge in [-0.2, -0.15) is 0 Å². The van der Waals surface area contributed by atoms with Gasteiger partial charge in [-0.25, -0.2) is 0 Å². The number of carbonyl (C=O) groups excluding carboxylic acids is 2. The lowest BCUT2D eigenvalue weighted by atomic mass is 10.2. The normalized spacial score (nSPS) is 21.5. The van der Waals surface area contributed by atoms with E-state index in [1.165, 1.54) is 11.8 Å². The van der Waals surface area contributed by atoms with E-state index in [2.05, 4.69) is 10.5 Å². The predicted molar refractivity (Wildman–Crippen MR) is 95.6 cm³/mol. The Labute approximate surface area is 156 Å². The van der Waals surface area contributed by atoms with Gasteiger partial charge in [0.1, 0.15) is 12.6 Å². The number of carbonyl (C=O) groups is 2. The molecule has 1 atom stereocenters. The molecule has 1 heterocycles. The maximum Gasteiger partial charge on any atom is 0.243 e. The standard InChI is InChI=1S/C17H19Cl2N3O3/c1-10(23)22-8-13(7-16(22)17(24)20-12-3-4-12)21-25-9-11-2-5-14(18)15(19)6-11/h2,5-6,12,16H,3-4,7-9H2,1H3,(H,20,24)/b21-13+. The molecule has 1 aliphatic carbocycles. The molecule has 1 aliphatic heterocycles. The van der Waals surface area contributed by atoms with Crippen LogP contribution in [-0.4, -0.2) is 41.1 Å². The fourth-order valence-electron chi connectivity index (χ4n) is 2.69. The van der Waals surface area contributed by atoms with E-state index in [0.29, 0.717) is 28.7 Å². The molecule has 1 aromatic carbocycles. The third-order valence-electron chi connectivity index (χ3n) is 4.20. The summed E-state index contributed by atoms with van der Waals surface area (Å²) in [5, 5.41) is 7.97. The molecule has 8 heteroatoms. The molecule has 6 nitrogen and oxygen atoms in total. The Morgan fingerprint density at radius 2 is 2.08 bits per heavy atom. The SMILES string of the molecule is CC(=O)N1C/C(=N/OCc2ccc(Cl)c(Cl)c2)CC1C(=O)NC1CC1. The molecular weight excluding hydrogens is 365 g/mol. The molecule has 3 rings (SSSR count). The Bertz CT molecular complexity index is 719. The van der Waals surface area contributed by atoms with Crippen molar-refractivity contribution in [1.82, 2.24) is 10.2 Å². The molecule has 2 fully saturated rings. The van der Waals surface area contributed by atoms with Crippen molar-refractivity contribution in [2.75, 3.05) is 6.54 Å². The van der Waals surface area contributed by atoms with E-state index in [1.54, 1.807) is 18.2 Å². The molecule has 1 N–H and O–H groups in total. The van der Waals surface area contributed by atoms with Crippen molar-refractivity contribution in [3.63, 3.8) is 0 Å². The summed E-state index contributed by atoms with van der Waals surface area (Å²) in [7, 11) is 0. The second kappa shape index (κ2) is 7.62. The van der Waals surface area contributed by atoms with Crippen LogP contribution < -0.4 is 5.32 Å². The molecule has 2 amide bonds. The highest BCUT2D eigenvalue weighted by Gasteiger charge is 2.38. The average molecular weight is 384 g/mol. The number of rotatable bonds is 5. The van der Waals surface area contributed by atoms with Crippen LogP contribution in [0.2, 0.25) is 10.0 Å². The first kappa shape index (κ1) is 18.0. The van der Waals surface area contributed by atoms with Crippen molar-refractivity contribution in [1.29, 1.82) is 0 Å². The van der Waals surface area contributed by atoms with E-state index in [-0.39, 0.29) is 24.5 Å². The van der Waals surface area contributed by atoms with Crippen molar-refractivity contribution in [3.8, 4) is 0 Å². The van der Waals surface area contributed by atoms with Crippen LogP contribution in [-0.2, 0) is 21.0 Å². The number of hydrogen-bond acceptors (Lipinski definition) is 4. The lowest BCUT2D eigenvalue weighted by Gasteiger charge is -2.21. The molecule has 1 unspecified atom stereocenters. The lowest BCUT2D eigenvalue weighted by Crippen LogP contribution is -2.45. The van der Waals surface area contributed by atoms with Gasteiger partial charge in [-0.1, -0.05) is 34.4 Å². The maximum atomic E-state index is 12.3. The molecule has 2 aliphatic rings. The Balaban J connectivity index is 1.59. The number of nitrogens with zero attached hydrogens (tertiary/aromatic N) is 2. The van der Waals surface area contributed by atoms with E-state index in [9.17, 15) is 9.59 Å². The molecule has 134 valence electrons. The van der Waals surface area contributed by atoms with Crippen molar-refractivity contribution in [2.45, 2.75) is 44.9 Å². The lowest BCUT2D eigenvalue weighted by molar-refractivity contribution is -0.136. The minimum Gasteiger partial charge on any atom is -0.391 e. The molecule has 0 aromatic heterocycles. The minimum absolute atomic E-state index is 0.118. The number of oxime groups is 1. The van der Waals surface area contributed by atoms with Crippen LogP contribution in [0.15, 0.2) is 23.4 Å². The van der Waals surface area contributed by atoms with E-state index in [1.807, 2.05) is 0 Å². The average Bonchev–Trinajstić information content (AvgIpc) is 3.26. The van der Waals surface area contributed by atoms with Crippen molar-refractivity contribution < 1.29 is 14.4 Å². The third-order valence-corrected chi connectivity index (χ3v) is 4.94. The first-order valence-electron chi connectivity index (χ1n) is 8.13. The number of hydrogen-bond donors (Lipinski definition) is 1. The zero-order valence-electron chi connectivity index (χ0n) is 13.8. The summed E-state index contributed by atoms with van der Waals surface area (Å²) < 4.78 is 0. The first-order valence-corrected chi connectivity index (χ1v) is 8.89.